The second-order valence-electron chi connectivity index (χ2n) is 7.60. The van der Waals surface area contributed by atoms with Crippen molar-refractivity contribution in [2.75, 3.05) is 29.1 Å². The van der Waals surface area contributed by atoms with Crippen LogP contribution in [0.1, 0.15) is 30.9 Å². The maximum absolute atomic E-state index is 12.5. The van der Waals surface area contributed by atoms with Gasteiger partial charge in [0.2, 0.25) is 5.91 Å². The summed E-state index contributed by atoms with van der Waals surface area (Å²) in [7, 11) is 0. The number of rotatable bonds is 5. The molecule has 1 saturated heterocycles. The fourth-order valence-electron chi connectivity index (χ4n) is 3.48. The van der Waals surface area contributed by atoms with Gasteiger partial charge in [-0.2, -0.15) is 4.98 Å². The second-order valence-corrected chi connectivity index (χ2v) is 9.54. The Bertz CT molecular complexity index is 1010. The molecule has 0 spiro atoms. The molecule has 0 saturated carbocycles. The van der Waals surface area contributed by atoms with E-state index in [0.29, 0.717) is 5.75 Å². The summed E-state index contributed by atoms with van der Waals surface area (Å²) in [6.07, 6.45) is 3.93. The standard InChI is InChI=1S/C21H25N5OS2/c1-13-7-9-26(10-8-13)21-25-19-18(29-21)20(23-12-22-19)28-11-16(27)24-17-14(2)5-4-6-15(17)3/h4-6,12-13H,7-11H2,1-3H3,(H,24,27). The number of amides is 1. The van der Waals surface area contributed by atoms with E-state index >= 15 is 0 Å². The lowest BCUT2D eigenvalue weighted by atomic mass is 10.00. The first-order valence-electron chi connectivity index (χ1n) is 9.86. The van der Waals surface area contributed by atoms with Crippen LogP contribution in [0.15, 0.2) is 29.6 Å². The van der Waals surface area contributed by atoms with Gasteiger partial charge in [0, 0.05) is 18.8 Å². The molecule has 1 aliphatic heterocycles. The number of benzene rings is 1. The third-order valence-corrected chi connectivity index (χ3v) is 7.52. The Morgan fingerprint density at radius 3 is 2.69 bits per heavy atom. The van der Waals surface area contributed by atoms with Gasteiger partial charge in [-0.25, -0.2) is 9.97 Å². The number of anilines is 2. The summed E-state index contributed by atoms with van der Waals surface area (Å²) in [5, 5.41) is 4.86. The average Bonchev–Trinajstić information content (AvgIpc) is 3.14. The number of thioether (sulfide) groups is 1. The minimum absolute atomic E-state index is 0.0334. The Kier molecular flexibility index (Phi) is 6.01. The molecule has 152 valence electrons. The van der Waals surface area contributed by atoms with E-state index in [2.05, 4.69) is 27.1 Å². The summed E-state index contributed by atoms with van der Waals surface area (Å²) in [6.45, 7) is 8.39. The summed E-state index contributed by atoms with van der Waals surface area (Å²) in [5.74, 6) is 1.05. The van der Waals surface area contributed by atoms with Crippen molar-refractivity contribution >= 4 is 50.2 Å². The van der Waals surface area contributed by atoms with Crippen LogP contribution in [0.5, 0.6) is 0 Å². The molecule has 2 aromatic heterocycles. The number of thiazole rings is 1. The van der Waals surface area contributed by atoms with Crippen LogP contribution in [0.25, 0.3) is 10.3 Å². The maximum Gasteiger partial charge on any atom is 0.234 e. The molecule has 1 amide bonds. The number of fused-ring (bicyclic) bond motifs is 1. The topological polar surface area (TPSA) is 71.0 Å². The molecule has 1 N–H and O–H groups in total. The molecule has 0 unspecified atom stereocenters. The second kappa shape index (κ2) is 8.67. The van der Waals surface area contributed by atoms with Gasteiger partial charge in [0.1, 0.15) is 16.1 Å². The smallest absolute Gasteiger partial charge is 0.234 e. The van der Waals surface area contributed by atoms with E-state index in [1.54, 1.807) is 11.3 Å². The lowest BCUT2D eigenvalue weighted by Gasteiger charge is -2.29. The van der Waals surface area contributed by atoms with Crippen molar-refractivity contribution in [1.29, 1.82) is 0 Å². The van der Waals surface area contributed by atoms with E-state index in [0.717, 1.165) is 56.3 Å². The van der Waals surface area contributed by atoms with Gasteiger partial charge in [-0.1, -0.05) is 48.2 Å². The van der Waals surface area contributed by atoms with Crippen molar-refractivity contribution in [2.45, 2.75) is 38.6 Å². The van der Waals surface area contributed by atoms with Crippen molar-refractivity contribution < 1.29 is 4.79 Å². The highest BCUT2D eigenvalue weighted by Gasteiger charge is 2.21. The molecule has 1 aromatic carbocycles. The monoisotopic (exact) mass is 427 g/mol. The normalized spacial score (nSPS) is 15.1. The maximum atomic E-state index is 12.5. The van der Waals surface area contributed by atoms with Crippen molar-refractivity contribution in [3.63, 3.8) is 0 Å². The molecule has 4 rings (SSSR count). The Balaban J connectivity index is 1.46. The zero-order chi connectivity index (χ0) is 20.4. The number of hydrogen-bond acceptors (Lipinski definition) is 7. The molecule has 1 aliphatic rings. The van der Waals surface area contributed by atoms with Gasteiger partial charge < -0.3 is 10.2 Å². The predicted octanol–water partition coefficient (Wildman–Crippen LogP) is 4.67. The van der Waals surface area contributed by atoms with Gasteiger partial charge in [0.25, 0.3) is 0 Å². The number of piperidine rings is 1. The summed E-state index contributed by atoms with van der Waals surface area (Å²) in [6, 6.07) is 6.00. The highest BCUT2D eigenvalue weighted by atomic mass is 32.2. The highest BCUT2D eigenvalue weighted by Crippen LogP contribution is 2.35. The number of para-hydroxylation sites is 1. The minimum Gasteiger partial charge on any atom is -0.348 e. The van der Waals surface area contributed by atoms with Crippen LogP contribution in [0.3, 0.4) is 0 Å². The van der Waals surface area contributed by atoms with E-state index in [1.165, 1.54) is 30.9 Å². The van der Waals surface area contributed by atoms with E-state index < -0.39 is 0 Å². The van der Waals surface area contributed by atoms with Crippen LogP contribution in [0.2, 0.25) is 0 Å². The first-order chi connectivity index (χ1) is 14.0. The first kappa shape index (κ1) is 20.1. The van der Waals surface area contributed by atoms with E-state index in [9.17, 15) is 4.79 Å². The van der Waals surface area contributed by atoms with Gasteiger partial charge in [0.05, 0.1) is 5.75 Å². The fraction of sp³-hybridized carbons (Fsp3) is 0.429. The zero-order valence-electron chi connectivity index (χ0n) is 16.9. The number of carbonyl (C=O) groups excluding carboxylic acids is 1. The molecule has 6 nitrogen and oxygen atoms in total. The van der Waals surface area contributed by atoms with Gasteiger partial charge >= 0.3 is 0 Å². The number of aromatic nitrogens is 3. The Hall–Kier alpha value is -2.19. The molecule has 1 fully saturated rings. The molecule has 0 aliphatic carbocycles. The Labute approximate surface area is 179 Å². The van der Waals surface area contributed by atoms with Crippen molar-refractivity contribution in [2.24, 2.45) is 5.92 Å². The van der Waals surface area contributed by atoms with Gasteiger partial charge in [-0.3, -0.25) is 4.79 Å². The Morgan fingerprint density at radius 1 is 1.24 bits per heavy atom. The first-order valence-corrected chi connectivity index (χ1v) is 11.7. The minimum atomic E-state index is -0.0334. The highest BCUT2D eigenvalue weighted by molar-refractivity contribution is 8.00. The Morgan fingerprint density at radius 2 is 1.97 bits per heavy atom. The van der Waals surface area contributed by atoms with Gasteiger partial charge in [-0.15, -0.1) is 0 Å². The molecule has 8 heteroatoms. The molecule has 0 atom stereocenters. The van der Waals surface area contributed by atoms with Crippen LogP contribution in [0.4, 0.5) is 10.8 Å². The molecule has 0 radical (unpaired) electrons. The third kappa shape index (κ3) is 4.53. The van der Waals surface area contributed by atoms with Crippen molar-refractivity contribution in [1.82, 2.24) is 15.0 Å². The number of nitrogens with zero attached hydrogens (tertiary/aromatic N) is 4. The SMILES string of the molecule is Cc1cccc(C)c1NC(=O)CSc1ncnc2nc(N3CCC(C)CC3)sc12. The third-order valence-electron chi connectivity index (χ3n) is 5.29. The van der Waals surface area contributed by atoms with Crippen LogP contribution in [-0.2, 0) is 4.79 Å². The van der Waals surface area contributed by atoms with Crippen LogP contribution in [0, 0.1) is 19.8 Å². The summed E-state index contributed by atoms with van der Waals surface area (Å²) in [4.78, 5) is 28.3. The molecule has 3 aromatic rings. The van der Waals surface area contributed by atoms with E-state index in [-0.39, 0.29) is 5.91 Å². The largest absolute Gasteiger partial charge is 0.348 e. The summed E-state index contributed by atoms with van der Waals surface area (Å²) < 4.78 is 0.964. The van der Waals surface area contributed by atoms with Crippen LogP contribution in [-0.4, -0.2) is 39.7 Å². The fourth-order valence-corrected chi connectivity index (χ4v) is 5.42. The summed E-state index contributed by atoms with van der Waals surface area (Å²) in [5.41, 5.74) is 3.74. The predicted molar refractivity (Wildman–Crippen MR) is 121 cm³/mol. The number of carbonyl (C=O) groups is 1. The molecule has 29 heavy (non-hydrogen) atoms. The van der Waals surface area contributed by atoms with Crippen molar-refractivity contribution in [3.8, 4) is 0 Å². The zero-order valence-corrected chi connectivity index (χ0v) is 18.6. The lowest BCUT2D eigenvalue weighted by Crippen LogP contribution is -2.32. The van der Waals surface area contributed by atoms with Crippen LogP contribution < -0.4 is 10.2 Å². The lowest BCUT2D eigenvalue weighted by molar-refractivity contribution is -0.113. The molecule has 3 heterocycles. The van der Waals surface area contributed by atoms with Crippen molar-refractivity contribution in [3.05, 3.63) is 35.7 Å². The van der Waals surface area contributed by atoms with Gasteiger partial charge in [0.15, 0.2) is 10.8 Å². The molecular formula is C21H25N5OS2. The van der Waals surface area contributed by atoms with E-state index in [1.807, 2.05) is 32.0 Å². The average molecular weight is 428 g/mol. The molecule has 0 bridgehead atoms. The molecular weight excluding hydrogens is 402 g/mol. The van der Waals surface area contributed by atoms with Gasteiger partial charge in [-0.05, 0) is 43.7 Å². The quantitative estimate of drug-likeness (QED) is 0.471. The number of nitrogens with one attached hydrogen (secondary N) is 1. The van der Waals surface area contributed by atoms with Crippen LogP contribution >= 0.6 is 23.1 Å². The number of aryl methyl sites for hydroxylation is 2. The number of hydrogen-bond donors (Lipinski definition) is 1. The van der Waals surface area contributed by atoms with E-state index in [4.69, 9.17) is 4.98 Å². The summed E-state index contributed by atoms with van der Waals surface area (Å²) >= 11 is 3.07.